The average Bonchev–Trinajstić information content (AvgIpc) is 2.55. The number of hydrogen-bond donors (Lipinski definition) is 1. The SMILES string of the molecule is CCOCc1nc2ccc(N)cc2c(=O)n1-c1ccccc1C. The van der Waals surface area contributed by atoms with Crippen LogP contribution in [0.3, 0.4) is 0 Å². The van der Waals surface area contributed by atoms with E-state index in [2.05, 4.69) is 4.98 Å². The lowest BCUT2D eigenvalue weighted by Crippen LogP contribution is -2.25. The zero-order valence-corrected chi connectivity index (χ0v) is 13.2. The van der Waals surface area contributed by atoms with Crippen molar-refractivity contribution in [3.05, 3.63) is 64.2 Å². The molecule has 5 heteroatoms. The van der Waals surface area contributed by atoms with Gasteiger partial charge in [0.05, 0.1) is 16.6 Å². The van der Waals surface area contributed by atoms with Crippen LogP contribution in [0, 0.1) is 6.92 Å². The van der Waals surface area contributed by atoms with Gasteiger partial charge in [0, 0.05) is 12.3 Å². The standard InChI is InChI=1S/C18H19N3O2/c1-3-23-11-17-20-15-9-8-13(19)10-14(15)18(22)21(17)16-7-5-4-6-12(16)2/h4-10H,3,11,19H2,1-2H3. The van der Waals surface area contributed by atoms with Crippen molar-refractivity contribution >= 4 is 16.6 Å². The minimum atomic E-state index is -0.133. The third kappa shape index (κ3) is 2.83. The number of rotatable bonds is 4. The first kappa shape index (κ1) is 15.2. The summed E-state index contributed by atoms with van der Waals surface area (Å²) in [4.78, 5) is 17.6. The van der Waals surface area contributed by atoms with E-state index in [0.29, 0.717) is 29.0 Å². The van der Waals surface area contributed by atoms with Gasteiger partial charge in [0.15, 0.2) is 0 Å². The molecule has 0 radical (unpaired) electrons. The first-order valence-corrected chi connectivity index (χ1v) is 7.56. The normalized spacial score (nSPS) is 11.0. The van der Waals surface area contributed by atoms with Gasteiger partial charge in [-0.05, 0) is 43.7 Å². The summed E-state index contributed by atoms with van der Waals surface area (Å²) in [5.41, 5.74) is 8.68. The molecule has 0 fully saturated rings. The summed E-state index contributed by atoms with van der Waals surface area (Å²) in [5, 5.41) is 0.508. The maximum absolute atomic E-state index is 13.0. The number of nitrogen functional groups attached to an aromatic ring is 1. The Labute approximate surface area is 134 Å². The number of nitrogens with two attached hydrogens (primary N) is 1. The van der Waals surface area contributed by atoms with Crippen LogP contribution in [0.25, 0.3) is 16.6 Å². The minimum Gasteiger partial charge on any atom is -0.399 e. The maximum atomic E-state index is 13.0. The predicted molar refractivity (Wildman–Crippen MR) is 91.8 cm³/mol. The van der Waals surface area contributed by atoms with Crippen LogP contribution < -0.4 is 11.3 Å². The summed E-state index contributed by atoms with van der Waals surface area (Å²) >= 11 is 0. The summed E-state index contributed by atoms with van der Waals surface area (Å²) in [6.07, 6.45) is 0. The van der Waals surface area contributed by atoms with Crippen molar-refractivity contribution in [1.29, 1.82) is 0 Å². The molecule has 1 heterocycles. The lowest BCUT2D eigenvalue weighted by Gasteiger charge is -2.15. The number of hydrogen-bond acceptors (Lipinski definition) is 4. The van der Waals surface area contributed by atoms with Crippen molar-refractivity contribution in [2.24, 2.45) is 0 Å². The van der Waals surface area contributed by atoms with Crippen LogP contribution in [0.2, 0.25) is 0 Å². The molecule has 0 aliphatic heterocycles. The topological polar surface area (TPSA) is 70.1 Å². The molecule has 0 aliphatic rings. The van der Waals surface area contributed by atoms with E-state index >= 15 is 0 Å². The molecule has 1 aromatic heterocycles. The van der Waals surface area contributed by atoms with E-state index in [1.54, 1.807) is 22.8 Å². The summed E-state index contributed by atoms with van der Waals surface area (Å²) < 4.78 is 7.12. The van der Waals surface area contributed by atoms with E-state index in [1.165, 1.54) is 0 Å². The Morgan fingerprint density at radius 3 is 2.74 bits per heavy atom. The highest BCUT2D eigenvalue weighted by molar-refractivity contribution is 5.81. The number of ether oxygens (including phenoxy) is 1. The molecule has 3 aromatic rings. The smallest absolute Gasteiger partial charge is 0.266 e. The van der Waals surface area contributed by atoms with Crippen LogP contribution in [0.5, 0.6) is 0 Å². The fourth-order valence-corrected chi connectivity index (χ4v) is 2.60. The van der Waals surface area contributed by atoms with Crippen LogP contribution in [-0.2, 0) is 11.3 Å². The van der Waals surface area contributed by atoms with E-state index in [9.17, 15) is 4.79 Å². The van der Waals surface area contributed by atoms with Gasteiger partial charge in [-0.15, -0.1) is 0 Å². The Morgan fingerprint density at radius 2 is 2.00 bits per heavy atom. The second-order valence-corrected chi connectivity index (χ2v) is 5.37. The summed E-state index contributed by atoms with van der Waals surface area (Å²) in [7, 11) is 0. The quantitative estimate of drug-likeness (QED) is 0.752. The zero-order valence-electron chi connectivity index (χ0n) is 13.2. The molecule has 3 rings (SSSR count). The van der Waals surface area contributed by atoms with Crippen molar-refractivity contribution in [3.63, 3.8) is 0 Å². The van der Waals surface area contributed by atoms with E-state index in [4.69, 9.17) is 10.5 Å². The number of benzene rings is 2. The lowest BCUT2D eigenvalue weighted by molar-refractivity contribution is 0.126. The van der Waals surface area contributed by atoms with Crippen LogP contribution in [0.4, 0.5) is 5.69 Å². The third-order valence-corrected chi connectivity index (χ3v) is 3.75. The van der Waals surface area contributed by atoms with Gasteiger partial charge in [-0.25, -0.2) is 4.98 Å². The number of para-hydroxylation sites is 1. The largest absolute Gasteiger partial charge is 0.399 e. The van der Waals surface area contributed by atoms with Crippen molar-refractivity contribution < 1.29 is 4.74 Å². The van der Waals surface area contributed by atoms with Crippen molar-refractivity contribution in [1.82, 2.24) is 9.55 Å². The van der Waals surface area contributed by atoms with E-state index in [-0.39, 0.29) is 12.2 Å². The van der Waals surface area contributed by atoms with Gasteiger partial charge >= 0.3 is 0 Å². The van der Waals surface area contributed by atoms with Gasteiger partial charge in [0.25, 0.3) is 5.56 Å². The summed E-state index contributed by atoms with van der Waals surface area (Å²) in [6, 6.07) is 12.9. The maximum Gasteiger partial charge on any atom is 0.266 e. The second-order valence-electron chi connectivity index (χ2n) is 5.37. The molecule has 0 bridgehead atoms. The number of aromatic nitrogens is 2. The Bertz CT molecular complexity index is 916. The molecule has 5 nitrogen and oxygen atoms in total. The fourth-order valence-electron chi connectivity index (χ4n) is 2.60. The Hall–Kier alpha value is -2.66. The molecule has 0 unspecified atom stereocenters. The van der Waals surface area contributed by atoms with Crippen LogP contribution in [-0.4, -0.2) is 16.2 Å². The van der Waals surface area contributed by atoms with Gasteiger partial charge < -0.3 is 10.5 Å². The highest BCUT2D eigenvalue weighted by Gasteiger charge is 2.14. The lowest BCUT2D eigenvalue weighted by atomic mass is 10.1. The van der Waals surface area contributed by atoms with Gasteiger partial charge in [-0.1, -0.05) is 18.2 Å². The molecule has 2 aromatic carbocycles. The predicted octanol–water partition coefficient (Wildman–Crippen LogP) is 2.81. The third-order valence-electron chi connectivity index (χ3n) is 3.75. The van der Waals surface area contributed by atoms with Crippen molar-refractivity contribution in [2.45, 2.75) is 20.5 Å². The number of anilines is 1. The van der Waals surface area contributed by atoms with Gasteiger partial charge in [-0.2, -0.15) is 0 Å². The van der Waals surface area contributed by atoms with Crippen LogP contribution in [0.15, 0.2) is 47.3 Å². The van der Waals surface area contributed by atoms with Gasteiger partial charge in [-0.3, -0.25) is 9.36 Å². The van der Waals surface area contributed by atoms with E-state index < -0.39 is 0 Å². The zero-order chi connectivity index (χ0) is 16.4. The van der Waals surface area contributed by atoms with Crippen LogP contribution >= 0.6 is 0 Å². The molecule has 118 valence electrons. The molecule has 23 heavy (non-hydrogen) atoms. The molecule has 0 aliphatic carbocycles. The Kier molecular flexibility index (Phi) is 4.12. The minimum absolute atomic E-state index is 0.133. The van der Waals surface area contributed by atoms with Gasteiger partial charge in [0.1, 0.15) is 12.4 Å². The number of fused-ring (bicyclic) bond motifs is 1. The molecule has 0 atom stereocenters. The van der Waals surface area contributed by atoms with Crippen molar-refractivity contribution in [2.75, 3.05) is 12.3 Å². The van der Waals surface area contributed by atoms with E-state index in [0.717, 1.165) is 11.3 Å². The number of nitrogens with zero attached hydrogens (tertiary/aromatic N) is 2. The van der Waals surface area contributed by atoms with Crippen LogP contribution in [0.1, 0.15) is 18.3 Å². The van der Waals surface area contributed by atoms with Crippen molar-refractivity contribution in [3.8, 4) is 5.69 Å². The first-order valence-electron chi connectivity index (χ1n) is 7.56. The fraction of sp³-hybridized carbons (Fsp3) is 0.222. The average molecular weight is 309 g/mol. The van der Waals surface area contributed by atoms with Gasteiger partial charge in [0.2, 0.25) is 0 Å². The Morgan fingerprint density at radius 1 is 1.22 bits per heavy atom. The molecule has 0 saturated heterocycles. The van der Waals surface area contributed by atoms with E-state index in [1.807, 2.05) is 38.1 Å². The monoisotopic (exact) mass is 309 g/mol. The number of aryl methyl sites for hydroxylation is 1. The second kappa shape index (κ2) is 6.22. The highest BCUT2D eigenvalue weighted by Crippen LogP contribution is 2.18. The molecule has 0 amide bonds. The summed E-state index contributed by atoms with van der Waals surface area (Å²) in [6.45, 7) is 4.72. The Balaban J connectivity index is 2.34. The molecule has 2 N–H and O–H groups in total. The molecular formula is C18H19N3O2. The molecule has 0 spiro atoms. The first-order chi connectivity index (χ1) is 11.1. The molecule has 0 saturated carbocycles. The molecular weight excluding hydrogens is 290 g/mol. The highest BCUT2D eigenvalue weighted by atomic mass is 16.5. The summed E-state index contributed by atoms with van der Waals surface area (Å²) in [5.74, 6) is 0.587.